The minimum absolute atomic E-state index is 0.241. The number of benzene rings is 1. The van der Waals surface area contributed by atoms with Crippen LogP contribution in [-0.2, 0) is 12.5 Å². The molecule has 148 valence electrons. The molecule has 0 bridgehead atoms. The number of hydrogen-bond donors (Lipinski definition) is 1. The first-order valence-corrected chi connectivity index (χ1v) is 9.40. The van der Waals surface area contributed by atoms with Gasteiger partial charge in [0.25, 0.3) is 5.89 Å². The van der Waals surface area contributed by atoms with E-state index in [0.29, 0.717) is 11.7 Å². The molecule has 0 fully saturated rings. The first-order valence-electron chi connectivity index (χ1n) is 9.40. The van der Waals surface area contributed by atoms with Gasteiger partial charge in [0.15, 0.2) is 5.82 Å². The summed E-state index contributed by atoms with van der Waals surface area (Å²) in [6.45, 7) is 6.44. The third-order valence-electron chi connectivity index (χ3n) is 5.57. The van der Waals surface area contributed by atoms with E-state index >= 15 is 0 Å². The van der Waals surface area contributed by atoms with Gasteiger partial charge in [0.05, 0.1) is 5.41 Å². The minimum Gasteiger partial charge on any atom is -0.368 e. The van der Waals surface area contributed by atoms with Gasteiger partial charge in [-0.1, -0.05) is 43.3 Å². The second-order valence-corrected chi connectivity index (χ2v) is 7.53. The number of aryl methyl sites for hydroxylation is 1. The van der Waals surface area contributed by atoms with Crippen molar-refractivity contribution in [3.63, 3.8) is 0 Å². The van der Waals surface area contributed by atoms with Gasteiger partial charge < -0.3 is 10.3 Å². The van der Waals surface area contributed by atoms with Crippen LogP contribution >= 0.6 is 0 Å². The smallest absolute Gasteiger partial charge is 0.276 e. The minimum atomic E-state index is -0.420. The van der Waals surface area contributed by atoms with Crippen molar-refractivity contribution < 1.29 is 4.52 Å². The monoisotopic (exact) mass is 389 g/mol. The molecule has 0 aliphatic rings. The van der Waals surface area contributed by atoms with Gasteiger partial charge in [-0.15, -0.1) is 0 Å². The molecule has 0 saturated heterocycles. The predicted octanol–water partition coefficient (Wildman–Crippen LogP) is 3.47. The van der Waals surface area contributed by atoms with Crippen LogP contribution in [0.3, 0.4) is 0 Å². The summed E-state index contributed by atoms with van der Waals surface area (Å²) < 4.78 is 7.28. The summed E-state index contributed by atoms with van der Waals surface area (Å²) in [4.78, 5) is 12.8. The zero-order chi connectivity index (χ0) is 20.6. The van der Waals surface area contributed by atoms with Crippen LogP contribution in [0.1, 0.15) is 32.2 Å². The molecular formula is C21H23N7O. The van der Waals surface area contributed by atoms with Crippen LogP contribution < -0.4 is 5.73 Å². The molecule has 1 unspecified atom stereocenters. The first kappa shape index (κ1) is 18.8. The van der Waals surface area contributed by atoms with E-state index in [1.54, 1.807) is 23.3 Å². The first-order chi connectivity index (χ1) is 13.9. The third kappa shape index (κ3) is 3.26. The molecule has 1 atom stereocenters. The van der Waals surface area contributed by atoms with E-state index in [4.69, 9.17) is 15.2 Å². The zero-order valence-electron chi connectivity index (χ0n) is 16.9. The quantitative estimate of drug-likeness (QED) is 0.556. The fourth-order valence-electron chi connectivity index (χ4n) is 3.34. The van der Waals surface area contributed by atoms with Gasteiger partial charge in [-0.05, 0) is 30.0 Å². The van der Waals surface area contributed by atoms with Crippen LogP contribution in [0, 0.1) is 5.92 Å². The second kappa shape index (κ2) is 7.12. The Bertz CT molecular complexity index is 1110. The molecular weight excluding hydrogens is 366 g/mol. The SMILES string of the molecule is CC(C)C(C)(c1ccc(-c2cnc(N)nc2)cc1)c1noc(-c2ccnn2C)n1. The Labute approximate surface area is 168 Å². The lowest BCUT2D eigenvalue weighted by Crippen LogP contribution is -2.31. The summed E-state index contributed by atoms with van der Waals surface area (Å²) in [5.74, 6) is 1.61. The molecule has 3 heterocycles. The molecule has 4 rings (SSSR count). The van der Waals surface area contributed by atoms with Gasteiger partial charge in [0.1, 0.15) is 5.69 Å². The summed E-state index contributed by atoms with van der Waals surface area (Å²) in [7, 11) is 1.85. The number of hydrogen-bond acceptors (Lipinski definition) is 7. The lowest BCUT2D eigenvalue weighted by atomic mass is 9.72. The van der Waals surface area contributed by atoms with Crippen LogP contribution in [0.4, 0.5) is 5.95 Å². The number of nitrogens with zero attached hydrogens (tertiary/aromatic N) is 6. The molecule has 0 aliphatic heterocycles. The van der Waals surface area contributed by atoms with E-state index < -0.39 is 5.41 Å². The Balaban J connectivity index is 1.71. The maximum absolute atomic E-state index is 5.58. The highest BCUT2D eigenvalue weighted by Gasteiger charge is 2.37. The average Bonchev–Trinajstić information content (AvgIpc) is 3.37. The molecule has 0 amide bonds. The van der Waals surface area contributed by atoms with Crippen LogP contribution in [0.5, 0.6) is 0 Å². The van der Waals surface area contributed by atoms with Gasteiger partial charge in [-0.2, -0.15) is 10.1 Å². The Morgan fingerprint density at radius 3 is 2.31 bits per heavy atom. The number of anilines is 1. The zero-order valence-corrected chi connectivity index (χ0v) is 16.9. The van der Waals surface area contributed by atoms with Gasteiger partial charge >= 0.3 is 0 Å². The van der Waals surface area contributed by atoms with Crippen molar-refractivity contribution in [1.82, 2.24) is 29.9 Å². The lowest BCUT2D eigenvalue weighted by molar-refractivity contribution is 0.350. The normalized spacial score (nSPS) is 13.6. The molecule has 3 aromatic heterocycles. The van der Waals surface area contributed by atoms with Crippen LogP contribution in [0.2, 0.25) is 0 Å². The van der Waals surface area contributed by atoms with E-state index in [0.717, 1.165) is 22.4 Å². The van der Waals surface area contributed by atoms with Crippen LogP contribution in [0.15, 0.2) is 53.4 Å². The molecule has 0 saturated carbocycles. The average molecular weight is 389 g/mol. The number of nitrogens with two attached hydrogens (primary N) is 1. The van der Waals surface area contributed by atoms with Gasteiger partial charge in [0, 0.05) is 31.2 Å². The fourth-order valence-corrected chi connectivity index (χ4v) is 3.34. The van der Waals surface area contributed by atoms with Gasteiger partial charge in [-0.25, -0.2) is 9.97 Å². The number of rotatable bonds is 5. The van der Waals surface area contributed by atoms with E-state index in [9.17, 15) is 0 Å². The Kier molecular flexibility index (Phi) is 4.62. The molecule has 8 heteroatoms. The van der Waals surface area contributed by atoms with Crippen molar-refractivity contribution in [2.75, 3.05) is 5.73 Å². The van der Waals surface area contributed by atoms with Crippen molar-refractivity contribution in [3.8, 4) is 22.7 Å². The summed E-state index contributed by atoms with van der Waals surface area (Å²) >= 11 is 0. The molecule has 8 nitrogen and oxygen atoms in total. The van der Waals surface area contributed by atoms with Crippen molar-refractivity contribution in [3.05, 3.63) is 60.3 Å². The largest absolute Gasteiger partial charge is 0.368 e. The molecule has 2 N–H and O–H groups in total. The molecule has 0 aliphatic carbocycles. The standard InChI is InChI=1S/C21H23N7O/c1-13(2)21(3,19-26-18(29-27-19)17-9-10-25-28(17)4)16-7-5-14(6-8-16)15-11-23-20(22)24-12-15/h5-13H,1-4H3,(H2,22,23,24). The summed E-state index contributed by atoms with van der Waals surface area (Å²) in [6.07, 6.45) is 5.15. The lowest BCUT2D eigenvalue weighted by Gasteiger charge is -2.31. The van der Waals surface area contributed by atoms with Crippen molar-refractivity contribution in [1.29, 1.82) is 0 Å². The highest BCUT2D eigenvalue weighted by Crippen LogP contribution is 2.38. The van der Waals surface area contributed by atoms with Gasteiger partial charge in [-0.3, -0.25) is 4.68 Å². The highest BCUT2D eigenvalue weighted by molar-refractivity contribution is 5.62. The molecule has 0 spiro atoms. The maximum atomic E-state index is 5.58. The molecule has 1 aromatic carbocycles. The van der Waals surface area contributed by atoms with Crippen molar-refractivity contribution in [2.24, 2.45) is 13.0 Å². The Morgan fingerprint density at radius 1 is 1.03 bits per heavy atom. The number of nitrogen functional groups attached to an aromatic ring is 1. The van der Waals surface area contributed by atoms with E-state index in [2.05, 4.69) is 53.1 Å². The van der Waals surface area contributed by atoms with E-state index in [1.165, 1.54) is 0 Å². The summed E-state index contributed by atoms with van der Waals surface area (Å²) in [5, 5.41) is 8.48. The fraction of sp³-hybridized carbons (Fsp3) is 0.286. The Morgan fingerprint density at radius 2 is 1.72 bits per heavy atom. The number of aromatic nitrogens is 6. The molecule has 29 heavy (non-hydrogen) atoms. The molecule has 0 radical (unpaired) electrons. The highest BCUT2D eigenvalue weighted by atomic mass is 16.5. The molecule has 4 aromatic rings. The van der Waals surface area contributed by atoms with Crippen LogP contribution in [-0.4, -0.2) is 29.9 Å². The van der Waals surface area contributed by atoms with E-state index in [1.807, 2.05) is 25.2 Å². The summed E-state index contributed by atoms with van der Waals surface area (Å²) in [5.41, 5.74) is 8.98. The maximum Gasteiger partial charge on any atom is 0.276 e. The van der Waals surface area contributed by atoms with Crippen molar-refractivity contribution >= 4 is 5.95 Å². The topological polar surface area (TPSA) is 109 Å². The third-order valence-corrected chi connectivity index (χ3v) is 5.57. The summed E-state index contributed by atoms with van der Waals surface area (Å²) in [6, 6.07) is 10.1. The Hall–Kier alpha value is -3.55. The van der Waals surface area contributed by atoms with Crippen molar-refractivity contribution in [2.45, 2.75) is 26.2 Å². The van der Waals surface area contributed by atoms with E-state index in [-0.39, 0.29) is 11.9 Å². The van der Waals surface area contributed by atoms with Gasteiger partial charge in [0.2, 0.25) is 5.95 Å². The predicted molar refractivity (Wildman–Crippen MR) is 110 cm³/mol. The van der Waals surface area contributed by atoms with Crippen LogP contribution in [0.25, 0.3) is 22.7 Å². The second-order valence-electron chi connectivity index (χ2n) is 7.53.